The first kappa shape index (κ1) is 14.3. The Morgan fingerprint density at radius 2 is 2.15 bits per heavy atom. The van der Waals surface area contributed by atoms with Crippen molar-refractivity contribution in [2.24, 2.45) is 11.8 Å². The summed E-state index contributed by atoms with van der Waals surface area (Å²) in [5.74, 6) is 2.60. The van der Waals surface area contributed by atoms with Crippen LogP contribution in [-0.4, -0.2) is 11.5 Å². The van der Waals surface area contributed by atoms with Gasteiger partial charge in [-0.25, -0.2) is 0 Å². The van der Waals surface area contributed by atoms with Gasteiger partial charge in [-0.2, -0.15) is 0 Å². The van der Waals surface area contributed by atoms with Crippen molar-refractivity contribution < 1.29 is 4.74 Å². The topological polar surface area (TPSA) is 9.23 Å². The summed E-state index contributed by atoms with van der Waals surface area (Å²) >= 11 is 6.56. The maximum absolute atomic E-state index is 6.56. The van der Waals surface area contributed by atoms with Gasteiger partial charge in [-0.15, -0.1) is 11.6 Å². The molecule has 1 aromatic carbocycles. The third-order valence-electron chi connectivity index (χ3n) is 5.10. The number of ether oxygens (including phenoxy) is 1. The molecular weight excluding hydrogens is 268 g/mol. The maximum Gasteiger partial charge on any atom is 0.123 e. The lowest BCUT2D eigenvalue weighted by Gasteiger charge is -2.33. The average Bonchev–Trinajstić information content (AvgIpc) is 2.82. The summed E-state index contributed by atoms with van der Waals surface area (Å²) in [5, 5.41) is 0.354. The summed E-state index contributed by atoms with van der Waals surface area (Å²) in [5.41, 5.74) is 2.70. The lowest BCUT2D eigenvalue weighted by Crippen LogP contribution is -2.30. The highest BCUT2D eigenvalue weighted by molar-refractivity contribution is 6.20. The van der Waals surface area contributed by atoms with Crippen molar-refractivity contribution in [2.75, 3.05) is 0 Å². The molecule has 0 aromatic heterocycles. The van der Waals surface area contributed by atoms with Crippen LogP contribution in [0, 0.1) is 18.8 Å². The molecule has 1 saturated carbocycles. The van der Waals surface area contributed by atoms with Gasteiger partial charge in [0.2, 0.25) is 0 Å². The van der Waals surface area contributed by atoms with Crippen molar-refractivity contribution in [3.8, 4) is 5.75 Å². The van der Waals surface area contributed by atoms with E-state index in [1.807, 2.05) is 0 Å². The Bertz CT molecular complexity index is 470. The Balaban J connectivity index is 1.62. The normalized spacial score (nSPS) is 32.8. The van der Waals surface area contributed by atoms with Gasteiger partial charge in [-0.05, 0) is 56.1 Å². The zero-order chi connectivity index (χ0) is 14.1. The number of alkyl halides is 1. The Morgan fingerprint density at radius 1 is 1.30 bits per heavy atom. The number of rotatable bonds is 3. The van der Waals surface area contributed by atoms with E-state index in [-0.39, 0.29) is 0 Å². The molecule has 1 aromatic rings. The summed E-state index contributed by atoms with van der Waals surface area (Å²) < 4.78 is 6.12. The van der Waals surface area contributed by atoms with E-state index < -0.39 is 0 Å². The summed E-state index contributed by atoms with van der Waals surface area (Å²) in [6, 6.07) is 6.53. The lowest BCUT2D eigenvalue weighted by molar-refractivity contribution is 0.159. The molecule has 1 aliphatic heterocycles. The molecule has 1 aliphatic carbocycles. The highest BCUT2D eigenvalue weighted by Gasteiger charge is 2.33. The molecule has 2 aliphatic rings. The van der Waals surface area contributed by atoms with Gasteiger partial charge in [0.15, 0.2) is 0 Å². The van der Waals surface area contributed by atoms with Gasteiger partial charge in [0.25, 0.3) is 0 Å². The summed E-state index contributed by atoms with van der Waals surface area (Å²) in [6.07, 6.45) is 7.61. The van der Waals surface area contributed by atoms with Crippen LogP contribution in [0.1, 0.15) is 50.2 Å². The molecule has 0 N–H and O–H groups in total. The van der Waals surface area contributed by atoms with Gasteiger partial charge >= 0.3 is 0 Å². The van der Waals surface area contributed by atoms with E-state index in [1.165, 1.54) is 36.8 Å². The molecule has 1 fully saturated rings. The largest absolute Gasteiger partial charge is 0.490 e. The van der Waals surface area contributed by atoms with E-state index in [0.717, 1.165) is 24.5 Å². The monoisotopic (exact) mass is 292 g/mol. The fourth-order valence-corrected chi connectivity index (χ4v) is 4.19. The molecule has 0 amide bonds. The minimum atomic E-state index is 0.341. The fraction of sp³-hybridized carbons (Fsp3) is 0.667. The number of halogens is 1. The fourth-order valence-electron chi connectivity index (χ4n) is 3.86. The van der Waals surface area contributed by atoms with Crippen molar-refractivity contribution in [1.82, 2.24) is 0 Å². The van der Waals surface area contributed by atoms with Crippen LogP contribution in [-0.2, 0) is 6.42 Å². The Morgan fingerprint density at radius 3 is 2.95 bits per heavy atom. The minimum Gasteiger partial charge on any atom is -0.490 e. The van der Waals surface area contributed by atoms with E-state index in [0.29, 0.717) is 17.4 Å². The first-order valence-corrected chi connectivity index (χ1v) is 8.49. The summed E-state index contributed by atoms with van der Waals surface area (Å²) in [6.45, 7) is 4.45. The van der Waals surface area contributed by atoms with Crippen molar-refractivity contribution in [1.29, 1.82) is 0 Å². The van der Waals surface area contributed by atoms with Gasteiger partial charge in [-0.3, -0.25) is 0 Å². The van der Waals surface area contributed by atoms with Crippen LogP contribution in [0.4, 0.5) is 0 Å². The Kier molecular flexibility index (Phi) is 4.26. The first-order valence-electron chi connectivity index (χ1n) is 8.06. The van der Waals surface area contributed by atoms with Crippen molar-refractivity contribution in [3.63, 3.8) is 0 Å². The second-order valence-corrected chi connectivity index (χ2v) is 7.21. The number of hydrogen-bond acceptors (Lipinski definition) is 1. The molecule has 0 radical (unpaired) electrons. The van der Waals surface area contributed by atoms with E-state index >= 15 is 0 Å². The average molecular weight is 293 g/mol. The van der Waals surface area contributed by atoms with Crippen LogP contribution in [0.5, 0.6) is 5.75 Å². The van der Waals surface area contributed by atoms with E-state index in [9.17, 15) is 0 Å². The van der Waals surface area contributed by atoms with Gasteiger partial charge in [0, 0.05) is 11.8 Å². The zero-order valence-electron chi connectivity index (χ0n) is 12.6. The quantitative estimate of drug-likeness (QED) is 0.702. The van der Waals surface area contributed by atoms with Crippen LogP contribution < -0.4 is 4.74 Å². The molecular formula is C18H25ClO. The molecule has 3 rings (SSSR count). The van der Waals surface area contributed by atoms with Crippen LogP contribution in [0.25, 0.3) is 0 Å². The lowest BCUT2D eigenvalue weighted by atomic mass is 9.77. The minimum absolute atomic E-state index is 0.341. The first-order chi connectivity index (χ1) is 9.65. The van der Waals surface area contributed by atoms with Crippen LogP contribution >= 0.6 is 11.6 Å². The molecule has 1 nitrogen and oxygen atoms in total. The number of aryl methyl sites for hydroxylation is 1. The number of hydrogen-bond donors (Lipinski definition) is 0. The molecule has 0 spiro atoms. The van der Waals surface area contributed by atoms with Crippen molar-refractivity contribution in [3.05, 3.63) is 29.3 Å². The second kappa shape index (κ2) is 5.97. The van der Waals surface area contributed by atoms with Crippen molar-refractivity contribution in [2.45, 2.75) is 63.9 Å². The van der Waals surface area contributed by atoms with E-state index in [1.54, 1.807) is 0 Å². The highest BCUT2D eigenvalue weighted by Crippen LogP contribution is 2.39. The molecule has 2 heteroatoms. The zero-order valence-corrected chi connectivity index (χ0v) is 13.3. The third kappa shape index (κ3) is 2.98. The SMILES string of the molecule is CCC1CCC(Cl)C(CC2Cc3cc(C)ccc3O2)C1. The van der Waals surface area contributed by atoms with Gasteiger partial charge < -0.3 is 4.74 Å². The van der Waals surface area contributed by atoms with Crippen LogP contribution in [0.3, 0.4) is 0 Å². The molecule has 0 saturated heterocycles. The summed E-state index contributed by atoms with van der Waals surface area (Å²) in [4.78, 5) is 0. The second-order valence-electron chi connectivity index (χ2n) is 6.65. The predicted octanol–water partition coefficient (Wildman–Crippen LogP) is 5.12. The standard InChI is InChI=1S/C18H25ClO/c1-3-13-5-6-17(19)14(9-13)10-16-11-15-8-12(2)4-7-18(15)20-16/h4,7-8,13-14,16-17H,3,5-6,9-11H2,1-2H3. The molecule has 4 unspecified atom stereocenters. The predicted molar refractivity (Wildman–Crippen MR) is 84.7 cm³/mol. The van der Waals surface area contributed by atoms with E-state index in [4.69, 9.17) is 16.3 Å². The van der Waals surface area contributed by atoms with Gasteiger partial charge in [0.1, 0.15) is 11.9 Å². The summed E-state index contributed by atoms with van der Waals surface area (Å²) in [7, 11) is 0. The Hall–Kier alpha value is -0.690. The molecule has 110 valence electrons. The molecule has 20 heavy (non-hydrogen) atoms. The maximum atomic E-state index is 6.56. The van der Waals surface area contributed by atoms with Crippen LogP contribution in [0.15, 0.2) is 18.2 Å². The van der Waals surface area contributed by atoms with E-state index in [2.05, 4.69) is 32.0 Å². The van der Waals surface area contributed by atoms with Gasteiger partial charge in [-0.1, -0.05) is 31.0 Å². The molecule has 1 heterocycles. The highest BCUT2D eigenvalue weighted by atomic mass is 35.5. The van der Waals surface area contributed by atoms with Crippen molar-refractivity contribution >= 4 is 11.6 Å². The van der Waals surface area contributed by atoms with Crippen LogP contribution in [0.2, 0.25) is 0 Å². The number of benzene rings is 1. The number of fused-ring (bicyclic) bond motifs is 1. The molecule has 4 atom stereocenters. The third-order valence-corrected chi connectivity index (χ3v) is 5.67. The van der Waals surface area contributed by atoms with Gasteiger partial charge in [0.05, 0.1) is 0 Å². The molecule has 0 bridgehead atoms. The Labute approximate surface area is 127 Å². The smallest absolute Gasteiger partial charge is 0.123 e.